The Balaban J connectivity index is 1.75. The van der Waals surface area contributed by atoms with Crippen molar-refractivity contribution >= 4 is 5.97 Å². The molecule has 0 aromatic heterocycles. The summed E-state index contributed by atoms with van der Waals surface area (Å²) in [7, 11) is 1.47. The van der Waals surface area contributed by atoms with Crippen molar-refractivity contribution < 1.29 is 14.3 Å². The van der Waals surface area contributed by atoms with Crippen LogP contribution in [0.25, 0.3) is 0 Å². The summed E-state index contributed by atoms with van der Waals surface area (Å²) < 4.78 is 10.9. The van der Waals surface area contributed by atoms with Crippen molar-refractivity contribution in [1.29, 1.82) is 0 Å². The normalized spacial score (nSPS) is 26.1. The van der Waals surface area contributed by atoms with Gasteiger partial charge in [-0.3, -0.25) is 9.69 Å². The van der Waals surface area contributed by atoms with Gasteiger partial charge in [0.15, 0.2) is 0 Å². The monoisotopic (exact) mass is 289 g/mol. The van der Waals surface area contributed by atoms with Crippen LogP contribution in [-0.2, 0) is 20.7 Å². The molecule has 0 amide bonds. The van der Waals surface area contributed by atoms with Crippen LogP contribution in [0.3, 0.4) is 0 Å². The van der Waals surface area contributed by atoms with Crippen LogP contribution >= 0.6 is 0 Å². The van der Waals surface area contributed by atoms with Crippen molar-refractivity contribution in [3.63, 3.8) is 0 Å². The van der Waals surface area contributed by atoms with Gasteiger partial charge in [-0.15, -0.1) is 0 Å². The Morgan fingerprint density at radius 1 is 1.38 bits per heavy atom. The van der Waals surface area contributed by atoms with Crippen molar-refractivity contribution in [3.05, 3.63) is 35.4 Å². The maximum absolute atomic E-state index is 12.0. The molecule has 2 unspecified atom stereocenters. The van der Waals surface area contributed by atoms with E-state index in [1.165, 1.54) is 18.2 Å². The number of carbonyl (C=O) groups excluding carboxylic acids is 1. The number of nitrogens with zero attached hydrogens (tertiary/aromatic N) is 1. The summed E-state index contributed by atoms with van der Waals surface area (Å²) in [5.41, 5.74) is 2.65. The minimum Gasteiger partial charge on any atom is -0.468 e. The molecule has 21 heavy (non-hydrogen) atoms. The van der Waals surface area contributed by atoms with E-state index in [1.807, 2.05) is 0 Å². The Bertz CT molecular complexity index is 503. The van der Waals surface area contributed by atoms with E-state index >= 15 is 0 Å². The fourth-order valence-corrected chi connectivity index (χ4v) is 3.45. The number of fused-ring (bicyclic) bond motifs is 1. The molecule has 0 spiro atoms. The van der Waals surface area contributed by atoms with Crippen LogP contribution in [0.1, 0.15) is 36.5 Å². The Labute approximate surface area is 126 Å². The first-order chi connectivity index (χ1) is 10.3. The molecule has 2 aliphatic rings. The SMILES string of the molecule is COC(=O)C1CCCCN1CC1OCCc2ccccc21. The van der Waals surface area contributed by atoms with E-state index in [4.69, 9.17) is 9.47 Å². The molecule has 0 radical (unpaired) electrons. The third-order valence-electron chi connectivity index (χ3n) is 4.58. The number of esters is 1. The number of hydrogen-bond donors (Lipinski definition) is 0. The maximum Gasteiger partial charge on any atom is 0.323 e. The maximum atomic E-state index is 12.0. The van der Waals surface area contributed by atoms with Crippen LogP contribution in [0.5, 0.6) is 0 Å². The molecule has 0 saturated carbocycles. The molecule has 4 nitrogen and oxygen atoms in total. The van der Waals surface area contributed by atoms with Gasteiger partial charge in [0.2, 0.25) is 0 Å². The van der Waals surface area contributed by atoms with Crippen molar-refractivity contribution in [3.8, 4) is 0 Å². The molecular weight excluding hydrogens is 266 g/mol. The number of rotatable bonds is 3. The van der Waals surface area contributed by atoms with Crippen LogP contribution in [0.2, 0.25) is 0 Å². The van der Waals surface area contributed by atoms with Crippen molar-refractivity contribution in [2.45, 2.75) is 37.8 Å². The van der Waals surface area contributed by atoms with E-state index < -0.39 is 0 Å². The summed E-state index contributed by atoms with van der Waals surface area (Å²) in [5, 5.41) is 0. The molecule has 1 aromatic carbocycles. The number of piperidine rings is 1. The predicted octanol–water partition coefficient (Wildman–Crippen LogP) is 2.33. The Hall–Kier alpha value is -1.39. The molecule has 2 aliphatic heterocycles. The third kappa shape index (κ3) is 3.11. The van der Waals surface area contributed by atoms with Crippen molar-refractivity contribution in [2.75, 3.05) is 26.8 Å². The van der Waals surface area contributed by atoms with Crippen LogP contribution in [0.4, 0.5) is 0 Å². The van der Waals surface area contributed by atoms with Gasteiger partial charge in [-0.2, -0.15) is 0 Å². The zero-order chi connectivity index (χ0) is 14.7. The lowest BCUT2D eigenvalue weighted by molar-refractivity contribution is -0.149. The summed E-state index contributed by atoms with van der Waals surface area (Å²) in [5.74, 6) is -0.112. The van der Waals surface area contributed by atoms with E-state index in [0.29, 0.717) is 0 Å². The highest BCUT2D eigenvalue weighted by Gasteiger charge is 2.32. The quantitative estimate of drug-likeness (QED) is 0.801. The zero-order valence-corrected chi connectivity index (χ0v) is 12.6. The summed E-state index contributed by atoms with van der Waals surface area (Å²) >= 11 is 0. The molecule has 3 rings (SSSR count). The average molecular weight is 289 g/mol. The average Bonchev–Trinajstić information content (AvgIpc) is 2.55. The van der Waals surface area contributed by atoms with Gasteiger partial charge < -0.3 is 9.47 Å². The summed E-state index contributed by atoms with van der Waals surface area (Å²) in [6, 6.07) is 8.37. The highest BCUT2D eigenvalue weighted by Crippen LogP contribution is 2.30. The molecule has 0 aliphatic carbocycles. The molecule has 114 valence electrons. The Kier molecular flexibility index (Phi) is 4.56. The highest BCUT2D eigenvalue weighted by molar-refractivity contribution is 5.75. The molecule has 4 heteroatoms. The minimum absolute atomic E-state index is 0.0696. The fraction of sp³-hybridized carbons (Fsp3) is 0.588. The lowest BCUT2D eigenvalue weighted by Gasteiger charge is -2.37. The Morgan fingerprint density at radius 3 is 3.10 bits per heavy atom. The summed E-state index contributed by atoms with van der Waals surface area (Å²) in [6.45, 7) is 2.48. The first-order valence-corrected chi connectivity index (χ1v) is 7.81. The van der Waals surface area contributed by atoms with Crippen LogP contribution in [0, 0.1) is 0 Å². The van der Waals surface area contributed by atoms with E-state index in [0.717, 1.165) is 45.4 Å². The third-order valence-corrected chi connectivity index (χ3v) is 4.58. The number of benzene rings is 1. The smallest absolute Gasteiger partial charge is 0.323 e. The van der Waals surface area contributed by atoms with E-state index in [9.17, 15) is 4.79 Å². The van der Waals surface area contributed by atoms with Crippen LogP contribution in [0.15, 0.2) is 24.3 Å². The number of likely N-dealkylation sites (tertiary alicyclic amines) is 1. The van der Waals surface area contributed by atoms with Crippen LogP contribution in [-0.4, -0.2) is 43.7 Å². The number of hydrogen-bond acceptors (Lipinski definition) is 4. The molecular formula is C17H23NO3. The highest BCUT2D eigenvalue weighted by atomic mass is 16.5. The van der Waals surface area contributed by atoms with Crippen molar-refractivity contribution in [1.82, 2.24) is 4.90 Å². The van der Waals surface area contributed by atoms with Gasteiger partial charge >= 0.3 is 5.97 Å². The van der Waals surface area contributed by atoms with E-state index in [2.05, 4.69) is 29.2 Å². The van der Waals surface area contributed by atoms with Gasteiger partial charge in [-0.1, -0.05) is 30.7 Å². The largest absolute Gasteiger partial charge is 0.468 e. The van der Waals surface area contributed by atoms with Gasteiger partial charge in [0, 0.05) is 6.54 Å². The van der Waals surface area contributed by atoms with Gasteiger partial charge in [-0.25, -0.2) is 0 Å². The Morgan fingerprint density at radius 2 is 2.24 bits per heavy atom. The van der Waals surface area contributed by atoms with Gasteiger partial charge in [0.25, 0.3) is 0 Å². The van der Waals surface area contributed by atoms with E-state index in [1.54, 1.807) is 0 Å². The van der Waals surface area contributed by atoms with Crippen molar-refractivity contribution in [2.24, 2.45) is 0 Å². The lowest BCUT2D eigenvalue weighted by Crippen LogP contribution is -2.47. The summed E-state index contributed by atoms with van der Waals surface area (Å²) in [4.78, 5) is 14.2. The van der Waals surface area contributed by atoms with Crippen LogP contribution < -0.4 is 0 Å². The van der Waals surface area contributed by atoms with Gasteiger partial charge in [0.1, 0.15) is 6.04 Å². The number of ether oxygens (including phenoxy) is 2. The molecule has 1 fully saturated rings. The zero-order valence-electron chi connectivity index (χ0n) is 12.6. The second-order valence-electron chi connectivity index (χ2n) is 5.84. The van der Waals surface area contributed by atoms with Gasteiger partial charge in [-0.05, 0) is 36.9 Å². The van der Waals surface area contributed by atoms with Gasteiger partial charge in [0.05, 0.1) is 19.8 Å². The molecule has 2 heterocycles. The molecule has 0 bridgehead atoms. The standard InChI is InChI=1S/C17H23NO3/c1-20-17(19)15-8-4-5-10-18(15)12-16-14-7-3-2-6-13(14)9-11-21-16/h2-3,6-7,15-16H,4-5,8-12H2,1H3. The molecule has 2 atom stereocenters. The second kappa shape index (κ2) is 6.58. The first kappa shape index (κ1) is 14.5. The number of methoxy groups -OCH3 is 1. The second-order valence-corrected chi connectivity index (χ2v) is 5.84. The predicted molar refractivity (Wildman–Crippen MR) is 80.1 cm³/mol. The molecule has 1 aromatic rings. The summed E-state index contributed by atoms with van der Waals surface area (Å²) in [6.07, 6.45) is 4.18. The number of carbonyl (C=O) groups is 1. The molecule has 1 saturated heterocycles. The fourth-order valence-electron chi connectivity index (χ4n) is 3.45. The topological polar surface area (TPSA) is 38.8 Å². The minimum atomic E-state index is -0.112. The first-order valence-electron chi connectivity index (χ1n) is 7.81. The lowest BCUT2D eigenvalue weighted by atomic mass is 9.95. The van der Waals surface area contributed by atoms with E-state index in [-0.39, 0.29) is 18.1 Å². The molecule has 0 N–H and O–H groups in total.